The molecule has 2 heterocycles. The molecule has 1 aliphatic heterocycles. The zero-order valence-corrected chi connectivity index (χ0v) is 12.6. The van der Waals surface area contributed by atoms with Gasteiger partial charge in [0.15, 0.2) is 0 Å². The van der Waals surface area contributed by atoms with Crippen LogP contribution in [-0.4, -0.2) is 32.2 Å². The summed E-state index contributed by atoms with van der Waals surface area (Å²) in [5.41, 5.74) is 3.71. The van der Waals surface area contributed by atoms with Gasteiger partial charge in [-0.15, -0.1) is 5.10 Å². The molecule has 6 heteroatoms. The standard InChI is InChI=1S/C17H15N5O/c1-12-10-14-4-2-3-5-16(14)22(12)17(23)13-6-8-15(9-7-13)21-11-18-19-20-21/h2-9,11-12H,10H2,1H3. The molecule has 0 spiro atoms. The fourth-order valence-corrected chi connectivity index (χ4v) is 3.05. The van der Waals surface area contributed by atoms with Crippen molar-refractivity contribution in [2.24, 2.45) is 0 Å². The van der Waals surface area contributed by atoms with Crippen LogP contribution in [0.5, 0.6) is 0 Å². The Bertz CT molecular complexity index is 842. The van der Waals surface area contributed by atoms with Crippen LogP contribution >= 0.6 is 0 Å². The summed E-state index contributed by atoms with van der Waals surface area (Å²) in [4.78, 5) is 14.8. The third-order valence-electron chi connectivity index (χ3n) is 4.15. The highest BCUT2D eigenvalue weighted by molar-refractivity contribution is 6.07. The number of rotatable bonds is 2. The van der Waals surface area contributed by atoms with E-state index < -0.39 is 0 Å². The van der Waals surface area contributed by atoms with E-state index in [1.165, 1.54) is 11.9 Å². The first-order valence-electron chi connectivity index (χ1n) is 7.49. The number of aromatic nitrogens is 4. The molecule has 1 atom stereocenters. The molecule has 1 unspecified atom stereocenters. The van der Waals surface area contributed by atoms with Crippen LogP contribution in [0.15, 0.2) is 54.9 Å². The number of para-hydroxylation sites is 1. The smallest absolute Gasteiger partial charge is 0.258 e. The van der Waals surface area contributed by atoms with Crippen molar-refractivity contribution in [3.8, 4) is 5.69 Å². The molecule has 6 nitrogen and oxygen atoms in total. The van der Waals surface area contributed by atoms with Crippen molar-refractivity contribution in [3.05, 3.63) is 66.0 Å². The largest absolute Gasteiger partial charge is 0.305 e. The van der Waals surface area contributed by atoms with E-state index in [1.54, 1.807) is 4.68 Å². The molecule has 0 radical (unpaired) electrons. The van der Waals surface area contributed by atoms with E-state index in [4.69, 9.17) is 0 Å². The maximum Gasteiger partial charge on any atom is 0.258 e. The number of anilines is 1. The van der Waals surface area contributed by atoms with Crippen molar-refractivity contribution >= 4 is 11.6 Å². The highest BCUT2D eigenvalue weighted by Crippen LogP contribution is 2.33. The van der Waals surface area contributed by atoms with Crippen LogP contribution in [0.2, 0.25) is 0 Å². The van der Waals surface area contributed by atoms with E-state index in [-0.39, 0.29) is 11.9 Å². The normalized spacial score (nSPS) is 16.4. The number of hydrogen-bond donors (Lipinski definition) is 0. The average Bonchev–Trinajstić information content (AvgIpc) is 3.21. The summed E-state index contributed by atoms with van der Waals surface area (Å²) in [7, 11) is 0. The Morgan fingerprint density at radius 1 is 1.13 bits per heavy atom. The number of carbonyl (C=O) groups is 1. The van der Waals surface area contributed by atoms with Gasteiger partial charge >= 0.3 is 0 Å². The molecule has 1 aromatic heterocycles. The zero-order valence-electron chi connectivity index (χ0n) is 12.6. The maximum atomic E-state index is 12.9. The van der Waals surface area contributed by atoms with Crippen molar-refractivity contribution in [2.75, 3.05) is 4.90 Å². The first kappa shape index (κ1) is 13.6. The fourth-order valence-electron chi connectivity index (χ4n) is 3.05. The lowest BCUT2D eigenvalue weighted by Crippen LogP contribution is -2.35. The van der Waals surface area contributed by atoms with E-state index >= 15 is 0 Å². The lowest BCUT2D eigenvalue weighted by molar-refractivity contribution is 0.0981. The predicted molar refractivity (Wildman–Crippen MR) is 85.6 cm³/mol. The second kappa shape index (κ2) is 5.31. The molecule has 2 aromatic carbocycles. The molecule has 0 aliphatic carbocycles. The van der Waals surface area contributed by atoms with Crippen molar-refractivity contribution < 1.29 is 4.79 Å². The first-order valence-corrected chi connectivity index (χ1v) is 7.49. The van der Waals surface area contributed by atoms with Gasteiger partial charge in [-0.1, -0.05) is 18.2 Å². The molecule has 114 valence electrons. The van der Waals surface area contributed by atoms with Crippen molar-refractivity contribution in [1.29, 1.82) is 0 Å². The monoisotopic (exact) mass is 305 g/mol. The van der Waals surface area contributed by atoms with E-state index in [0.29, 0.717) is 5.56 Å². The molecule has 23 heavy (non-hydrogen) atoms. The Kier molecular flexibility index (Phi) is 3.15. The number of amides is 1. The Morgan fingerprint density at radius 3 is 2.65 bits per heavy atom. The van der Waals surface area contributed by atoms with E-state index in [0.717, 1.165) is 17.8 Å². The van der Waals surface area contributed by atoms with Gasteiger partial charge in [0, 0.05) is 17.3 Å². The van der Waals surface area contributed by atoms with Crippen LogP contribution in [0, 0.1) is 0 Å². The summed E-state index contributed by atoms with van der Waals surface area (Å²) in [5.74, 6) is 0.0192. The van der Waals surface area contributed by atoms with Crippen LogP contribution in [0.3, 0.4) is 0 Å². The van der Waals surface area contributed by atoms with Gasteiger partial charge in [-0.3, -0.25) is 4.79 Å². The van der Waals surface area contributed by atoms with Gasteiger partial charge in [0.2, 0.25) is 0 Å². The minimum absolute atomic E-state index is 0.0192. The van der Waals surface area contributed by atoms with Gasteiger partial charge in [0.1, 0.15) is 6.33 Å². The maximum absolute atomic E-state index is 12.9. The quantitative estimate of drug-likeness (QED) is 0.728. The van der Waals surface area contributed by atoms with Crippen LogP contribution < -0.4 is 4.90 Å². The molecule has 0 saturated carbocycles. The molecular formula is C17H15N5O. The van der Waals surface area contributed by atoms with Crippen LogP contribution in [0.4, 0.5) is 5.69 Å². The summed E-state index contributed by atoms with van der Waals surface area (Å²) >= 11 is 0. The van der Waals surface area contributed by atoms with Crippen molar-refractivity contribution in [1.82, 2.24) is 20.2 Å². The summed E-state index contributed by atoms with van der Waals surface area (Å²) in [6.07, 6.45) is 2.42. The number of tetrazole rings is 1. The minimum Gasteiger partial charge on any atom is -0.305 e. The van der Waals surface area contributed by atoms with Crippen molar-refractivity contribution in [3.63, 3.8) is 0 Å². The van der Waals surface area contributed by atoms with Gasteiger partial charge in [0.05, 0.1) is 5.69 Å². The van der Waals surface area contributed by atoms with Gasteiger partial charge in [0.25, 0.3) is 5.91 Å². The van der Waals surface area contributed by atoms with E-state index in [1.807, 2.05) is 47.4 Å². The van der Waals surface area contributed by atoms with Crippen LogP contribution in [0.1, 0.15) is 22.8 Å². The SMILES string of the molecule is CC1Cc2ccccc2N1C(=O)c1ccc(-n2cnnn2)cc1. The van der Waals surface area contributed by atoms with E-state index in [9.17, 15) is 4.79 Å². The highest BCUT2D eigenvalue weighted by atomic mass is 16.2. The van der Waals surface area contributed by atoms with Crippen molar-refractivity contribution in [2.45, 2.75) is 19.4 Å². The fraction of sp³-hybridized carbons (Fsp3) is 0.176. The number of fused-ring (bicyclic) bond motifs is 1. The summed E-state index contributed by atoms with van der Waals surface area (Å²) in [6, 6.07) is 15.6. The lowest BCUT2D eigenvalue weighted by Gasteiger charge is -2.22. The molecule has 0 saturated heterocycles. The third-order valence-corrected chi connectivity index (χ3v) is 4.15. The molecule has 0 fully saturated rings. The van der Waals surface area contributed by atoms with Gasteiger partial charge < -0.3 is 4.90 Å². The van der Waals surface area contributed by atoms with Gasteiger partial charge in [-0.2, -0.15) is 0 Å². The highest BCUT2D eigenvalue weighted by Gasteiger charge is 2.31. The third kappa shape index (κ3) is 2.28. The molecule has 1 aliphatic rings. The van der Waals surface area contributed by atoms with Crippen LogP contribution in [-0.2, 0) is 6.42 Å². The number of benzene rings is 2. The van der Waals surface area contributed by atoms with Crippen LogP contribution in [0.25, 0.3) is 5.69 Å². The Morgan fingerprint density at radius 2 is 1.91 bits per heavy atom. The minimum atomic E-state index is 0.0192. The van der Waals surface area contributed by atoms with Gasteiger partial charge in [-0.05, 0) is 59.7 Å². The summed E-state index contributed by atoms with van der Waals surface area (Å²) < 4.78 is 1.56. The second-order valence-corrected chi connectivity index (χ2v) is 5.66. The summed E-state index contributed by atoms with van der Waals surface area (Å²) in [6.45, 7) is 2.08. The summed E-state index contributed by atoms with van der Waals surface area (Å²) in [5, 5.41) is 11.1. The average molecular weight is 305 g/mol. The Hall–Kier alpha value is -3.02. The molecule has 3 aromatic rings. The molecule has 4 rings (SSSR count). The molecule has 0 bridgehead atoms. The lowest BCUT2D eigenvalue weighted by atomic mass is 10.1. The number of carbonyl (C=O) groups excluding carboxylic acids is 1. The Balaban J connectivity index is 1.65. The number of nitrogens with zero attached hydrogens (tertiary/aromatic N) is 5. The Labute approximate surface area is 133 Å². The zero-order chi connectivity index (χ0) is 15.8. The first-order chi connectivity index (χ1) is 11.2. The van der Waals surface area contributed by atoms with E-state index in [2.05, 4.69) is 28.5 Å². The molecule has 0 N–H and O–H groups in total. The second-order valence-electron chi connectivity index (χ2n) is 5.66. The predicted octanol–water partition coefficient (Wildman–Crippen LogP) is 2.25. The molecule has 1 amide bonds. The topological polar surface area (TPSA) is 63.9 Å². The molecular weight excluding hydrogens is 290 g/mol. The van der Waals surface area contributed by atoms with Gasteiger partial charge in [-0.25, -0.2) is 4.68 Å². The number of hydrogen-bond acceptors (Lipinski definition) is 4.